The average molecular weight is 374 g/mol. The molecule has 0 spiro atoms. The zero-order valence-corrected chi connectivity index (χ0v) is 16.0. The molecule has 0 heterocycles. The van der Waals surface area contributed by atoms with Crippen molar-refractivity contribution in [1.29, 1.82) is 0 Å². The molecular weight excluding hydrogens is 344 g/mol. The van der Waals surface area contributed by atoms with Crippen LogP contribution in [-0.4, -0.2) is 29.6 Å². The third-order valence-corrected chi connectivity index (χ3v) is 6.87. The first-order valence-electron chi connectivity index (χ1n) is 10.4. The predicted octanol–water partition coefficient (Wildman–Crippen LogP) is 3.07. The Morgan fingerprint density at radius 2 is 1.74 bits per heavy atom. The van der Waals surface area contributed by atoms with E-state index in [0.29, 0.717) is 0 Å². The van der Waals surface area contributed by atoms with Gasteiger partial charge in [0, 0.05) is 5.54 Å². The first-order chi connectivity index (χ1) is 12.9. The molecule has 6 heteroatoms. The van der Waals surface area contributed by atoms with Gasteiger partial charge in [0.05, 0.1) is 6.42 Å². The molecule has 27 heavy (non-hydrogen) atoms. The Morgan fingerprint density at radius 1 is 1.11 bits per heavy atom. The number of ether oxygens (including phenoxy) is 1. The fourth-order valence-electron chi connectivity index (χ4n) is 6.13. The van der Waals surface area contributed by atoms with Gasteiger partial charge in [-0.1, -0.05) is 12.2 Å². The molecule has 6 nitrogen and oxygen atoms in total. The van der Waals surface area contributed by atoms with Crippen LogP contribution in [0.1, 0.15) is 64.7 Å². The number of hydrogen-bond donors (Lipinski definition) is 2. The van der Waals surface area contributed by atoms with Gasteiger partial charge in [-0.3, -0.25) is 14.9 Å². The Kier molecular flexibility index (Phi) is 4.99. The Hall–Kier alpha value is -1.85. The number of allylic oxidation sites excluding steroid dienone is 2. The maximum atomic E-state index is 12.4. The van der Waals surface area contributed by atoms with E-state index in [9.17, 15) is 14.4 Å². The van der Waals surface area contributed by atoms with E-state index < -0.39 is 24.0 Å². The van der Waals surface area contributed by atoms with Crippen molar-refractivity contribution in [2.45, 2.75) is 76.4 Å². The summed E-state index contributed by atoms with van der Waals surface area (Å²) in [5, 5.41) is 5.48. The summed E-state index contributed by atoms with van der Waals surface area (Å²) in [4.78, 5) is 36.6. The number of rotatable bonds is 5. The van der Waals surface area contributed by atoms with Gasteiger partial charge in [0.1, 0.15) is 0 Å². The van der Waals surface area contributed by atoms with Crippen LogP contribution in [0.25, 0.3) is 0 Å². The molecule has 3 amide bonds. The summed E-state index contributed by atoms with van der Waals surface area (Å²) in [6.07, 6.45) is 12.3. The number of urea groups is 1. The molecule has 5 rings (SSSR count). The zero-order valence-electron chi connectivity index (χ0n) is 16.0. The molecule has 4 bridgehead atoms. The van der Waals surface area contributed by atoms with Gasteiger partial charge in [-0.05, 0) is 82.0 Å². The molecule has 5 aliphatic rings. The minimum absolute atomic E-state index is 0.145. The molecule has 0 unspecified atom stereocenters. The van der Waals surface area contributed by atoms with Crippen molar-refractivity contribution in [2.75, 3.05) is 0 Å². The van der Waals surface area contributed by atoms with E-state index in [1.165, 1.54) is 26.2 Å². The third-order valence-electron chi connectivity index (χ3n) is 6.87. The van der Waals surface area contributed by atoms with Gasteiger partial charge >= 0.3 is 12.0 Å². The largest absolute Gasteiger partial charge is 0.453 e. The molecule has 148 valence electrons. The normalized spacial score (nSPS) is 37.1. The number of amides is 3. The van der Waals surface area contributed by atoms with Crippen LogP contribution in [0.5, 0.6) is 0 Å². The highest BCUT2D eigenvalue weighted by Crippen LogP contribution is 2.55. The first-order valence-corrected chi connectivity index (χ1v) is 10.4. The van der Waals surface area contributed by atoms with Gasteiger partial charge < -0.3 is 10.1 Å². The lowest BCUT2D eigenvalue weighted by Gasteiger charge is -2.56. The quantitative estimate of drug-likeness (QED) is 0.572. The van der Waals surface area contributed by atoms with Crippen molar-refractivity contribution in [3.63, 3.8) is 0 Å². The van der Waals surface area contributed by atoms with Gasteiger partial charge in [-0.15, -0.1) is 0 Å². The molecule has 2 N–H and O–H groups in total. The monoisotopic (exact) mass is 374 g/mol. The average Bonchev–Trinajstić information content (AvgIpc) is 3.05. The lowest BCUT2D eigenvalue weighted by atomic mass is 9.53. The Labute approximate surface area is 160 Å². The molecular formula is C21H30N2O4. The summed E-state index contributed by atoms with van der Waals surface area (Å²) in [5.74, 6) is 1.40. The highest BCUT2D eigenvalue weighted by molar-refractivity contribution is 5.97. The SMILES string of the molecule is C[C@@H](OC(=O)C[C@@H]1C=CCC1)C(=O)NC(=O)NC12CC3CC(CC(C3)C1)C2. The van der Waals surface area contributed by atoms with E-state index in [-0.39, 0.29) is 17.9 Å². The highest BCUT2D eigenvalue weighted by Gasteiger charge is 2.51. The van der Waals surface area contributed by atoms with Crippen LogP contribution < -0.4 is 10.6 Å². The van der Waals surface area contributed by atoms with Crippen molar-refractivity contribution >= 4 is 17.9 Å². The molecule has 5 aliphatic carbocycles. The number of imide groups is 1. The fourth-order valence-corrected chi connectivity index (χ4v) is 6.13. The Morgan fingerprint density at radius 3 is 2.30 bits per heavy atom. The Balaban J connectivity index is 1.24. The minimum Gasteiger partial charge on any atom is -0.453 e. The van der Waals surface area contributed by atoms with Gasteiger partial charge in [0.2, 0.25) is 0 Å². The van der Waals surface area contributed by atoms with Gasteiger partial charge in [0.15, 0.2) is 6.10 Å². The van der Waals surface area contributed by atoms with E-state index in [1.54, 1.807) is 0 Å². The van der Waals surface area contributed by atoms with E-state index in [0.717, 1.165) is 49.9 Å². The molecule has 0 saturated heterocycles. The fraction of sp³-hybridized carbons (Fsp3) is 0.762. The maximum Gasteiger partial charge on any atom is 0.321 e. The van der Waals surface area contributed by atoms with Gasteiger partial charge in [-0.2, -0.15) is 0 Å². The van der Waals surface area contributed by atoms with Gasteiger partial charge in [-0.25, -0.2) is 4.79 Å². The summed E-state index contributed by atoms with van der Waals surface area (Å²) in [6, 6.07) is -0.455. The maximum absolute atomic E-state index is 12.4. The molecule has 0 aromatic carbocycles. The van der Waals surface area contributed by atoms with Crippen molar-refractivity contribution in [1.82, 2.24) is 10.6 Å². The third kappa shape index (κ3) is 4.19. The van der Waals surface area contributed by atoms with Crippen LogP contribution in [0.2, 0.25) is 0 Å². The summed E-state index contributed by atoms with van der Waals surface area (Å²) in [5.41, 5.74) is -0.145. The van der Waals surface area contributed by atoms with Crippen LogP contribution in [-0.2, 0) is 14.3 Å². The molecule has 0 radical (unpaired) electrons. The number of carbonyl (C=O) groups is 3. The number of carbonyl (C=O) groups excluding carboxylic acids is 3. The summed E-state index contributed by atoms with van der Waals surface area (Å²) in [7, 11) is 0. The first kappa shape index (κ1) is 18.5. The zero-order chi connectivity index (χ0) is 19.0. The van der Waals surface area contributed by atoms with Crippen LogP contribution in [0, 0.1) is 23.7 Å². The van der Waals surface area contributed by atoms with Crippen LogP contribution in [0.4, 0.5) is 4.79 Å². The van der Waals surface area contributed by atoms with E-state index in [4.69, 9.17) is 4.74 Å². The topological polar surface area (TPSA) is 84.5 Å². The molecule has 4 saturated carbocycles. The molecule has 4 fully saturated rings. The smallest absolute Gasteiger partial charge is 0.321 e. The predicted molar refractivity (Wildman–Crippen MR) is 99.6 cm³/mol. The Bertz CT molecular complexity index is 621. The molecule has 0 aromatic rings. The van der Waals surface area contributed by atoms with Crippen LogP contribution in [0.3, 0.4) is 0 Å². The number of nitrogens with one attached hydrogen (secondary N) is 2. The van der Waals surface area contributed by atoms with Gasteiger partial charge in [0.25, 0.3) is 5.91 Å². The molecule has 2 atom stereocenters. The van der Waals surface area contributed by atoms with E-state index in [1.807, 2.05) is 6.08 Å². The van der Waals surface area contributed by atoms with E-state index >= 15 is 0 Å². The van der Waals surface area contributed by atoms with Crippen LogP contribution in [0.15, 0.2) is 12.2 Å². The second-order valence-corrected chi connectivity index (χ2v) is 9.24. The minimum atomic E-state index is -0.968. The second kappa shape index (κ2) is 7.28. The van der Waals surface area contributed by atoms with Crippen molar-refractivity contribution < 1.29 is 19.1 Å². The van der Waals surface area contributed by atoms with Crippen molar-refractivity contribution in [3.05, 3.63) is 12.2 Å². The second-order valence-electron chi connectivity index (χ2n) is 9.24. The van der Waals surface area contributed by atoms with E-state index in [2.05, 4.69) is 16.7 Å². The summed E-state index contributed by atoms with van der Waals surface area (Å²) < 4.78 is 5.20. The highest BCUT2D eigenvalue weighted by atomic mass is 16.5. The van der Waals surface area contributed by atoms with Crippen molar-refractivity contribution in [2.24, 2.45) is 23.7 Å². The van der Waals surface area contributed by atoms with Crippen molar-refractivity contribution in [3.8, 4) is 0 Å². The molecule has 0 aliphatic heterocycles. The lowest BCUT2D eigenvalue weighted by Crippen LogP contribution is -2.62. The summed E-state index contributed by atoms with van der Waals surface area (Å²) >= 11 is 0. The number of hydrogen-bond acceptors (Lipinski definition) is 4. The molecule has 0 aromatic heterocycles. The summed E-state index contributed by atoms with van der Waals surface area (Å²) in [6.45, 7) is 1.51. The lowest BCUT2D eigenvalue weighted by molar-refractivity contribution is -0.155. The number of esters is 1. The van der Waals surface area contributed by atoms with Crippen LogP contribution >= 0.6 is 0 Å². The standard InChI is InChI=1S/C21H30N2O4/c1-13(27-18(24)9-14-4-2-3-5-14)19(25)22-20(26)23-21-10-15-6-16(11-21)8-17(7-15)12-21/h2,4,13-17H,3,5-12H2,1H3,(H2,22,23,25,26)/t13-,14-,15?,16?,17?,21?/m1/s1.